The Balaban J connectivity index is 1.45. The van der Waals surface area contributed by atoms with Crippen molar-refractivity contribution in [3.63, 3.8) is 0 Å². The molecule has 8 heteroatoms. The van der Waals surface area contributed by atoms with Gasteiger partial charge >= 0.3 is 0 Å². The number of nitrogens with one attached hydrogen (secondary N) is 1. The van der Waals surface area contributed by atoms with E-state index in [4.69, 9.17) is 9.47 Å². The Bertz CT molecular complexity index is 1200. The summed E-state index contributed by atoms with van der Waals surface area (Å²) in [5, 5.41) is 2.89. The lowest BCUT2D eigenvalue weighted by Gasteiger charge is -2.29. The third-order valence-corrected chi connectivity index (χ3v) is 5.39. The first-order valence-corrected chi connectivity index (χ1v) is 10.7. The molecule has 1 heterocycles. The van der Waals surface area contributed by atoms with Gasteiger partial charge in [0.15, 0.2) is 19.0 Å². The van der Waals surface area contributed by atoms with E-state index in [9.17, 15) is 18.8 Å². The summed E-state index contributed by atoms with van der Waals surface area (Å²) in [6.07, 6.45) is 0. The maximum Gasteiger partial charge on any atom is 0.265 e. The Morgan fingerprint density at radius 1 is 1.09 bits per heavy atom. The average Bonchev–Trinajstić information content (AvgIpc) is 2.85. The lowest BCUT2D eigenvalue weighted by molar-refractivity contribution is -0.125. The molecule has 0 saturated carbocycles. The van der Waals surface area contributed by atoms with Gasteiger partial charge in [-0.05, 0) is 55.0 Å². The van der Waals surface area contributed by atoms with Gasteiger partial charge in [0.05, 0.1) is 11.7 Å². The average molecular weight is 462 g/mol. The summed E-state index contributed by atoms with van der Waals surface area (Å²) in [4.78, 5) is 39.2. The molecule has 1 aliphatic heterocycles. The summed E-state index contributed by atoms with van der Waals surface area (Å²) in [7, 11) is 0. The molecule has 1 aliphatic rings. The second-order valence-corrected chi connectivity index (χ2v) is 7.82. The molecule has 2 amide bonds. The van der Waals surface area contributed by atoms with Crippen molar-refractivity contribution in [2.24, 2.45) is 0 Å². The van der Waals surface area contributed by atoms with Crippen molar-refractivity contribution in [2.45, 2.75) is 13.0 Å². The van der Waals surface area contributed by atoms with Gasteiger partial charge in [-0.15, -0.1) is 0 Å². The van der Waals surface area contributed by atoms with Gasteiger partial charge in [0.1, 0.15) is 23.9 Å². The summed E-state index contributed by atoms with van der Waals surface area (Å²) in [6.45, 7) is 1.18. The number of carbonyl (C=O) groups excluding carboxylic acids is 3. The summed E-state index contributed by atoms with van der Waals surface area (Å²) in [5.41, 5.74) is 1.58. The molecule has 3 aromatic carbocycles. The number of benzene rings is 3. The van der Waals surface area contributed by atoms with Crippen molar-refractivity contribution in [1.29, 1.82) is 0 Å². The van der Waals surface area contributed by atoms with Crippen molar-refractivity contribution in [1.82, 2.24) is 5.32 Å². The monoisotopic (exact) mass is 462 g/mol. The fraction of sp³-hybridized carbons (Fsp3) is 0.192. The Kier molecular flexibility index (Phi) is 6.87. The quantitative estimate of drug-likeness (QED) is 0.516. The van der Waals surface area contributed by atoms with Crippen LogP contribution in [0.1, 0.15) is 28.9 Å². The highest BCUT2D eigenvalue weighted by Gasteiger charge is 2.28. The molecule has 34 heavy (non-hydrogen) atoms. The van der Waals surface area contributed by atoms with Crippen LogP contribution in [-0.4, -0.2) is 37.4 Å². The minimum Gasteiger partial charge on any atom is -0.485 e. The van der Waals surface area contributed by atoms with E-state index in [0.717, 1.165) is 5.56 Å². The zero-order chi connectivity index (χ0) is 24.1. The molecule has 0 spiro atoms. The highest BCUT2D eigenvalue weighted by atomic mass is 19.1. The molecule has 7 nitrogen and oxygen atoms in total. The van der Waals surface area contributed by atoms with Crippen LogP contribution in [-0.2, 0) is 9.59 Å². The minimum atomic E-state index is -0.402. The zero-order valence-electron chi connectivity index (χ0n) is 18.5. The van der Waals surface area contributed by atoms with E-state index in [0.29, 0.717) is 22.7 Å². The molecule has 1 atom stereocenters. The Labute approximate surface area is 196 Å². The minimum absolute atomic E-state index is 0.199. The summed E-state index contributed by atoms with van der Waals surface area (Å²) in [5.74, 6) is -0.708. The van der Waals surface area contributed by atoms with E-state index in [2.05, 4.69) is 5.32 Å². The second kappa shape index (κ2) is 10.2. The fourth-order valence-corrected chi connectivity index (χ4v) is 3.57. The van der Waals surface area contributed by atoms with Gasteiger partial charge in [0, 0.05) is 5.56 Å². The molecule has 1 N–H and O–H groups in total. The van der Waals surface area contributed by atoms with Crippen LogP contribution < -0.4 is 19.7 Å². The third-order valence-electron chi connectivity index (χ3n) is 5.39. The number of Topliss-reactive ketones (excluding diaryl/α,β-unsaturated/α-hetero) is 1. The number of ketones is 1. The van der Waals surface area contributed by atoms with Gasteiger partial charge in [-0.3, -0.25) is 19.3 Å². The van der Waals surface area contributed by atoms with Crippen molar-refractivity contribution in [3.05, 3.63) is 89.7 Å². The normalized spacial score (nSPS) is 13.5. The number of hydrogen-bond donors (Lipinski definition) is 1. The number of anilines is 1. The van der Waals surface area contributed by atoms with E-state index >= 15 is 0 Å². The molecule has 0 radical (unpaired) electrons. The smallest absolute Gasteiger partial charge is 0.265 e. The number of fused-ring (bicyclic) bond motifs is 1. The van der Waals surface area contributed by atoms with Gasteiger partial charge in [0.2, 0.25) is 5.91 Å². The van der Waals surface area contributed by atoms with E-state index in [-0.39, 0.29) is 43.4 Å². The van der Waals surface area contributed by atoms with Crippen LogP contribution in [0.3, 0.4) is 0 Å². The van der Waals surface area contributed by atoms with Crippen LogP contribution >= 0.6 is 0 Å². The molecule has 4 rings (SSSR count). The van der Waals surface area contributed by atoms with Crippen LogP contribution in [0.25, 0.3) is 0 Å². The van der Waals surface area contributed by atoms with Crippen LogP contribution in [0, 0.1) is 5.82 Å². The van der Waals surface area contributed by atoms with Crippen LogP contribution in [0.4, 0.5) is 10.1 Å². The second-order valence-electron chi connectivity index (χ2n) is 7.82. The van der Waals surface area contributed by atoms with Crippen LogP contribution in [0.5, 0.6) is 11.5 Å². The number of nitrogens with zero attached hydrogens (tertiary/aromatic N) is 1. The zero-order valence-corrected chi connectivity index (χ0v) is 18.5. The molecule has 0 unspecified atom stereocenters. The SMILES string of the molecule is C[C@@H](NC(=O)CN1C(=O)COc2ccc(C(=O)COc3ccc(F)cc3)cc21)c1ccccc1. The Morgan fingerprint density at radius 2 is 1.82 bits per heavy atom. The number of amides is 2. The maximum absolute atomic E-state index is 13.0. The highest BCUT2D eigenvalue weighted by Crippen LogP contribution is 2.33. The molecule has 0 aliphatic carbocycles. The first-order chi connectivity index (χ1) is 16.4. The van der Waals surface area contributed by atoms with Crippen molar-refractivity contribution < 1.29 is 28.2 Å². The van der Waals surface area contributed by atoms with Gasteiger partial charge in [-0.25, -0.2) is 4.39 Å². The van der Waals surface area contributed by atoms with Gasteiger partial charge in [0.25, 0.3) is 5.91 Å². The van der Waals surface area contributed by atoms with Crippen LogP contribution in [0.15, 0.2) is 72.8 Å². The van der Waals surface area contributed by atoms with Crippen molar-refractivity contribution in [2.75, 3.05) is 24.7 Å². The molecular formula is C26H23FN2O5. The lowest BCUT2D eigenvalue weighted by Crippen LogP contribution is -2.45. The fourth-order valence-electron chi connectivity index (χ4n) is 3.57. The van der Waals surface area contributed by atoms with E-state index in [1.165, 1.54) is 35.2 Å². The number of hydrogen-bond acceptors (Lipinski definition) is 5. The molecule has 0 saturated heterocycles. The molecule has 0 fully saturated rings. The maximum atomic E-state index is 13.0. The Morgan fingerprint density at radius 3 is 2.56 bits per heavy atom. The summed E-state index contributed by atoms with van der Waals surface area (Å²) in [6, 6.07) is 19.3. The number of rotatable bonds is 8. The van der Waals surface area contributed by atoms with E-state index < -0.39 is 5.82 Å². The topological polar surface area (TPSA) is 84.9 Å². The molecule has 0 bridgehead atoms. The highest BCUT2D eigenvalue weighted by molar-refractivity contribution is 6.04. The van der Waals surface area contributed by atoms with Gasteiger partial charge in [-0.2, -0.15) is 0 Å². The molecular weight excluding hydrogens is 439 g/mol. The van der Waals surface area contributed by atoms with Gasteiger partial charge in [-0.1, -0.05) is 30.3 Å². The summed E-state index contributed by atoms with van der Waals surface area (Å²) >= 11 is 0. The van der Waals surface area contributed by atoms with E-state index in [1.54, 1.807) is 12.1 Å². The largest absolute Gasteiger partial charge is 0.485 e. The Hall–Kier alpha value is -4.20. The first kappa shape index (κ1) is 23.0. The number of halogens is 1. The molecule has 174 valence electrons. The lowest BCUT2D eigenvalue weighted by atomic mass is 10.1. The standard InChI is InChI=1S/C26H23FN2O5/c1-17(18-5-3-2-4-6-18)28-25(31)14-29-22-13-19(7-12-24(22)34-16-26(29)32)23(30)15-33-21-10-8-20(27)9-11-21/h2-13,17H,14-16H2,1H3,(H,28,31)/t17-/m1/s1. The predicted molar refractivity (Wildman–Crippen MR) is 124 cm³/mol. The number of carbonyl (C=O) groups is 3. The first-order valence-electron chi connectivity index (χ1n) is 10.7. The molecule has 0 aromatic heterocycles. The summed E-state index contributed by atoms with van der Waals surface area (Å²) < 4.78 is 23.9. The third kappa shape index (κ3) is 5.40. The number of ether oxygens (including phenoxy) is 2. The van der Waals surface area contributed by atoms with Crippen molar-refractivity contribution in [3.8, 4) is 11.5 Å². The predicted octanol–water partition coefficient (Wildman–Crippen LogP) is 3.69. The van der Waals surface area contributed by atoms with Crippen LogP contribution in [0.2, 0.25) is 0 Å². The van der Waals surface area contributed by atoms with Crippen molar-refractivity contribution >= 4 is 23.3 Å². The van der Waals surface area contributed by atoms with E-state index in [1.807, 2.05) is 37.3 Å². The molecule has 3 aromatic rings. The van der Waals surface area contributed by atoms with Gasteiger partial charge < -0.3 is 14.8 Å².